The molecule has 25 heavy (non-hydrogen) atoms. The molecule has 1 N–H and O–H groups in total. The van der Waals surface area contributed by atoms with Gasteiger partial charge in [-0.3, -0.25) is 4.79 Å². The van der Waals surface area contributed by atoms with Gasteiger partial charge in [-0.1, -0.05) is 48.5 Å². The molecule has 0 heterocycles. The van der Waals surface area contributed by atoms with Gasteiger partial charge < -0.3 is 9.47 Å². The summed E-state index contributed by atoms with van der Waals surface area (Å²) >= 11 is 0. The number of amides is 1. The van der Waals surface area contributed by atoms with Crippen LogP contribution in [0.15, 0.2) is 65.3 Å². The molecule has 0 aliphatic carbocycles. The molecule has 5 nitrogen and oxygen atoms in total. The summed E-state index contributed by atoms with van der Waals surface area (Å²) in [5.41, 5.74) is 4.45. The lowest BCUT2D eigenvalue weighted by molar-refractivity contribution is -0.123. The van der Waals surface area contributed by atoms with Crippen LogP contribution in [0.3, 0.4) is 0 Å². The molecule has 1 amide bonds. The van der Waals surface area contributed by atoms with E-state index in [1.54, 1.807) is 18.3 Å². The summed E-state index contributed by atoms with van der Waals surface area (Å²) in [5.74, 6) is 0.807. The minimum Gasteiger partial charge on any atom is -0.490 e. The maximum Gasteiger partial charge on any atom is 0.277 e. The molecule has 5 heteroatoms. The van der Waals surface area contributed by atoms with Crippen LogP contribution in [0.25, 0.3) is 6.08 Å². The van der Waals surface area contributed by atoms with Crippen LogP contribution in [0.5, 0.6) is 11.5 Å². The quantitative estimate of drug-likeness (QED) is 0.590. The number of hydrazone groups is 1. The van der Waals surface area contributed by atoms with Crippen molar-refractivity contribution < 1.29 is 14.3 Å². The highest BCUT2D eigenvalue weighted by atomic mass is 16.5. The van der Waals surface area contributed by atoms with Crippen LogP contribution in [0.1, 0.15) is 19.4 Å². The van der Waals surface area contributed by atoms with E-state index in [0.717, 1.165) is 11.1 Å². The molecule has 2 aromatic carbocycles. The number of hydrogen-bond acceptors (Lipinski definition) is 4. The van der Waals surface area contributed by atoms with E-state index in [9.17, 15) is 4.79 Å². The van der Waals surface area contributed by atoms with Crippen LogP contribution in [0.4, 0.5) is 0 Å². The Labute approximate surface area is 148 Å². The van der Waals surface area contributed by atoms with Gasteiger partial charge >= 0.3 is 0 Å². The zero-order valence-corrected chi connectivity index (χ0v) is 14.4. The number of allylic oxidation sites excluding steroid dienone is 1. The van der Waals surface area contributed by atoms with Crippen LogP contribution in [-0.2, 0) is 4.79 Å². The molecule has 0 spiro atoms. The number of carbonyl (C=O) groups is 1. The van der Waals surface area contributed by atoms with Gasteiger partial charge in [0, 0.05) is 0 Å². The first-order valence-electron chi connectivity index (χ1n) is 8.09. The van der Waals surface area contributed by atoms with Gasteiger partial charge in [0.2, 0.25) is 0 Å². The summed E-state index contributed by atoms with van der Waals surface area (Å²) in [6.45, 7) is 4.20. The van der Waals surface area contributed by atoms with Crippen molar-refractivity contribution in [2.24, 2.45) is 5.10 Å². The minimum atomic E-state index is -0.338. The zero-order chi connectivity index (χ0) is 17.9. The second kappa shape index (κ2) is 9.93. The summed E-state index contributed by atoms with van der Waals surface area (Å²) in [4.78, 5) is 11.8. The van der Waals surface area contributed by atoms with Crippen LogP contribution < -0.4 is 14.9 Å². The van der Waals surface area contributed by atoms with Crippen molar-refractivity contribution in [3.05, 3.63) is 65.7 Å². The Morgan fingerprint density at radius 3 is 2.36 bits per heavy atom. The van der Waals surface area contributed by atoms with E-state index < -0.39 is 0 Å². The Bertz CT molecular complexity index is 740. The highest BCUT2D eigenvalue weighted by Gasteiger charge is 2.06. The van der Waals surface area contributed by atoms with Gasteiger partial charge in [-0.25, -0.2) is 5.43 Å². The zero-order valence-electron chi connectivity index (χ0n) is 14.4. The fraction of sp³-hybridized carbons (Fsp3) is 0.200. The predicted molar refractivity (Wildman–Crippen MR) is 99.8 cm³/mol. The van der Waals surface area contributed by atoms with Gasteiger partial charge in [0.25, 0.3) is 5.91 Å². The van der Waals surface area contributed by atoms with Crippen molar-refractivity contribution in [3.8, 4) is 11.5 Å². The molecule has 130 valence electrons. The average Bonchev–Trinajstić information content (AvgIpc) is 2.62. The maximum absolute atomic E-state index is 11.8. The smallest absolute Gasteiger partial charge is 0.277 e. The van der Waals surface area contributed by atoms with Crippen molar-refractivity contribution in [2.45, 2.75) is 13.8 Å². The van der Waals surface area contributed by atoms with Gasteiger partial charge in [0.05, 0.1) is 12.8 Å². The number of hydrogen-bond donors (Lipinski definition) is 1. The monoisotopic (exact) mass is 338 g/mol. The number of benzene rings is 2. The van der Waals surface area contributed by atoms with E-state index >= 15 is 0 Å². The molecule has 0 aliphatic heterocycles. The summed E-state index contributed by atoms with van der Waals surface area (Å²) < 4.78 is 10.9. The third-order valence-corrected chi connectivity index (χ3v) is 3.16. The third kappa shape index (κ3) is 6.51. The number of ether oxygens (including phenoxy) is 2. The van der Waals surface area contributed by atoms with Crippen molar-refractivity contribution in [2.75, 3.05) is 13.2 Å². The molecule has 2 aromatic rings. The minimum absolute atomic E-state index is 0.136. The molecule has 0 bridgehead atoms. The molecule has 0 fully saturated rings. The fourth-order valence-electron chi connectivity index (χ4n) is 2.08. The summed E-state index contributed by atoms with van der Waals surface area (Å²) in [6, 6.07) is 17.1. The van der Waals surface area contributed by atoms with Crippen molar-refractivity contribution in [1.82, 2.24) is 5.43 Å². The Morgan fingerprint density at radius 1 is 1.04 bits per heavy atom. The van der Waals surface area contributed by atoms with Gasteiger partial charge in [-0.15, -0.1) is 0 Å². The molecule has 0 aromatic heterocycles. The Morgan fingerprint density at radius 2 is 1.68 bits per heavy atom. The number of nitrogens with one attached hydrogen (secondary N) is 1. The fourth-order valence-corrected chi connectivity index (χ4v) is 2.08. The molecule has 0 saturated carbocycles. The third-order valence-electron chi connectivity index (χ3n) is 3.16. The highest BCUT2D eigenvalue weighted by molar-refractivity contribution is 5.86. The van der Waals surface area contributed by atoms with E-state index in [1.807, 2.05) is 62.4 Å². The van der Waals surface area contributed by atoms with E-state index in [0.29, 0.717) is 18.1 Å². The standard InChI is InChI=1S/C20H22N2O3/c1-3-24-18-11-7-8-12-19(18)25-15-20(23)22-21-14-16(2)13-17-9-5-4-6-10-17/h4-14H,3,15H2,1-2H3,(H,22,23)/b16-13+,21-14+. The number of rotatable bonds is 8. The largest absolute Gasteiger partial charge is 0.490 e. The van der Waals surface area contributed by atoms with Crippen molar-refractivity contribution >= 4 is 18.2 Å². The van der Waals surface area contributed by atoms with Crippen LogP contribution in [0.2, 0.25) is 0 Å². The van der Waals surface area contributed by atoms with E-state index in [1.165, 1.54) is 0 Å². The topological polar surface area (TPSA) is 59.9 Å². The lowest BCUT2D eigenvalue weighted by Gasteiger charge is -2.10. The second-order valence-corrected chi connectivity index (χ2v) is 5.26. The van der Waals surface area contributed by atoms with E-state index in [2.05, 4.69) is 10.5 Å². The summed E-state index contributed by atoms with van der Waals surface area (Å²) in [7, 11) is 0. The molecular formula is C20H22N2O3. The van der Waals surface area contributed by atoms with E-state index in [4.69, 9.17) is 9.47 Å². The molecule has 0 radical (unpaired) electrons. The van der Waals surface area contributed by atoms with Crippen molar-refractivity contribution in [1.29, 1.82) is 0 Å². The van der Waals surface area contributed by atoms with Crippen LogP contribution >= 0.6 is 0 Å². The van der Waals surface area contributed by atoms with Gasteiger partial charge in [-0.2, -0.15) is 5.10 Å². The van der Waals surface area contributed by atoms with E-state index in [-0.39, 0.29) is 12.5 Å². The number of para-hydroxylation sites is 2. The van der Waals surface area contributed by atoms with Gasteiger partial charge in [0.15, 0.2) is 18.1 Å². The highest BCUT2D eigenvalue weighted by Crippen LogP contribution is 2.26. The van der Waals surface area contributed by atoms with Gasteiger partial charge in [0.1, 0.15) is 0 Å². The molecule has 2 rings (SSSR count). The SMILES string of the molecule is CCOc1ccccc1OCC(=O)N/N=C/C(C)=C/c1ccccc1. The molecule has 0 unspecified atom stereocenters. The average molecular weight is 338 g/mol. The Kier molecular flexibility index (Phi) is 7.25. The Hall–Kier alpha value is -3.08. The van der Waals surface area contributed by atoms with Crippen molar-refractivity contribution in [3.63, 3.8) is 0 Å². The van der Waals surface area contributed by atoms with Crippen LogP contribution in [0, 0.1) is 0 Å². The summed E-state index contributed by atoms with van der Waals surface area (Å²) in [5, 5.41) is 3.93. The maximum atomic E-state index is 11.8. The molecular weight excluding hydrogens is 316 g/mol. The molecule has 0 saturated heterocycles. The van der Waals surface area contributed by atoms with Gasteiger partial charge in [-0.05, 0) is 37.1 Å². The second-order valence-electron chi connectivity index (χ2n) is 5.26. The first-order valence-corrected chi connectivity index (χ1v) is 8.09. The number of carbonyl (C=O) groups excluding carboxylic acids is 1. The first kappa shape index (κ1) is 18.3. The summed E-state index contributed by atoms with van der Waals surface area (Å²) in [6.07, 6.45) is 3.57. The normalized spacial score (nSPS) is 11.4. The predicted octanol–water partition coefficient (Wildman–Crippen LogP) is 3.67. The first-order chi connectivity index (χ1) is 12.2. The number of nitrogens with zero attached hydrogens (tertiary/aromatic N) is 1. The van der Waals surface area contributed by atoms with Crippen LogP contribution in [-0.4, -0.2) is 25.3 Å². The Balaban J connectivity index is 1.82. The lowest BCUT2D eigenvalue weighted by Crippen LogP contribution is -2.24. The molecule has 0 aliphatic rings. The lowest BCUT2D eigenvalue weighted by atomic mass is 10.1. The molecule has 0 atom stereocenters.